The van der Waals surface area contributed by atoms with Gasteiger partial charge in [-0.2, -0.15) is 4.39 Å². The zero-order chi connectivity index (χ0) is 22.9. The quantitative estimate of drug-likeness (QED) is 0.480. The molecule has 1 saturated heterocycles. The van der Waals surface area contributed by atoms with Gasteiger partial charge in [0, 0.05) is 36.2 Å². The fourth-order valence-corrected chi connectivity index (χ4v) is 3.69. The van der Waals surface area contributed by atoms with Gasteiger partial charge >= 0.3 is 6.09 Å². The Bertz CT molecular complexity index is 1220. The lowest BCUT2D eigenvalue weighted by Gasteiger charge is -2.24. The lowest BCUT2D eigenvalue weighted by Crippen LogP contribution is -2.35. The minimum Gasteiger partial charge on any atom is -0.444 e. The molecule has 0 aliphatic carbocycles. The summed E-state index contributed by atoms with van der Waals surface area (Å²) in [5, 5.41) is 3.73. The van der Waals surface area contributed by atoms with Gasteiger partial charge in [-0.15, -0.1) is 6.42 Å². The van der Waals surface area contributed by atoms with Crippen molar-refractivity contribution in [2.24, 2.45) is 0 Å². The maximum atomic E-state index is 14.2. The summed E-state index contributed by atoms with van der Waals surface area (Å²) >= 11 is 0. The van der Waals surface area contributed by atoms with Crippen molar-refractivity contribution in [3.8, 4) is 12.3 Å². The molecule has 1 aliphatic rings. The number of nitrogens with zero attached hydrogens (tertiary/aromatic N) is 4. The number of rotatable bonds is 3. The van der Waals surface area contributed by atoms with Gasteiger partial charge in [0.2, 0.25) is 5.95 Å². The number of carbonyl (C=O) groups excluding carboxylic acids is 1. The Morgan fingerprint density at radius 2 is 2.09 bits per heavy atom. The van der Waals surface area contributed by atoms with Crippen molar-refractivity contribution in [2.75, 3.05) is 18.4 Å². The maximum absolute atomic E-state index is 14.2. The Hall–Kier alpha value is -3.73. The third-order valence-corrected chi connectivity index (χ3v) is 5.23. The second-order valence-corrected chi connectivity index (χ2v) is 8.74. The van der Waals surface area contributed by atoms with Crippen LogP contribution in [0.1, 0.15) is 44.2 Å². The highest BCUT2D eigenvalue weighted by atomic mass is 19.1. The summed E-state index contributed by atoms with van der Waals surface area (Å²) < 4.78 is 19.7. The van der Waals surface area contributed by atoms with Gasteiger partial charge in [-0.3, -0.25) is 0 Å². The van der Waals surface area contributed by atoms with Gasteiger partial charge in [0.25, 0.3) is 0 Å². The van der Waals surface area contributed by atoms with E-state index in [4.69, 9.17) is 11.2 Å². The predicted octanol–water partition coefficient (Wildman–Crippen LogP) is 4.61. The fraction of sp³-hybridized carbons (Fsp3) is 0.333. The molecule has 0 spiro atoms. The molecule has 1 N–H and O–H groups in total. The van der Waals surface area contributed by atoms with Crippen molar-refractivity contribution in [1.29, 1.82) is 0 Å². The highest BCUT2D eigenvalue weighted by Crippen LogP contribution is 2.32. The molecule has 0 radical (unpaired) electrons. The molecule has 0 bridgehead atoms. The second kappa shape index (κ2) is 8.42. The van der Waals surface area contributed by atoms with Crippen LogP contribution in [-0.4, -0.2) is 44.6 Å². The molecule has 1 atom stereocenters. The number of likely N-dealkylation sites (tertiary alicyclic amines) is 1. The lowest BCUT2D eigenvalue weighted by atomic mass is 9.97. The molecule has 1 aromatic carbocycles. The molecule has 8 heteroatoms. The van der Waals surface area contributed by atoms with Gasteiger partial charge in [0.05, 0.1) is 11.2 Å². The third-order valence-electron chi connectivity index (χ3n) is 5.23. The molecule has 164 valence electrons. The van der Waals surface area contributed by atoms with Crippen LogP contribution < -0.4 is 5.32 Å². The van der Waals surface area contributed by atoms with E-state index < -0.39 is 11.5 Å². The molecule has 3 heterocycles. The number of anilines is 2. The van der Waals surface area contributed by atoms with Crippen LogP contribution in [0.15, 0.2) is 36.8 Å². The van der Waals surface area contributed by atoms with Crippen LogP contribution in [0.3, 0.4) is 0 Å². The topological polar surface area (TPSA) is 80.2 Å². The Morgan fingerprint density at radius 3 is 2.84 bits per heavy atom. The Morgan fingerprint density at radius 1 is 1.28 bits per heavy atom. The zero-order valence-electron chi connectivity index (χ0n) is 18.2. The van der Waals surface area contributed by atoms with E-state index in [9.17, 15) is 9.18 Å². The van der Waals surface area contributed by atoms with Gasteiger partial charge in [-0.05, 0) is 51.0 Å². The summed E-state index contributed by atoms with van der Waals surface area (Å²) in [6.45, 7) is 6.76. The molecule has 1 fully saturated rings. The van der Waals surface area contributed by atoms with Crippen molar-refractivity contribution in [2.45, 2.75) is 38.7 Å². The molecule has 2 aromatic heterocycles. The SMILES string of the molecule is C#Cc1cnc(F)c(Nc2ncnc3ccc(C4CCN(C(=O)OC(C)(C)C)C4)cc23)c1. The number of pyridine rings is 1. The standard InChI is InChI=1S/C24H24FN5O2/c1-5-15-10-20(21(25)26-12-15)29-22-18-11-16(6-7-19(18)27-14-28-22)17-8-9-30(13-17)23(31)32-24(2,3)4/h1,6-7,10-12,14,17H,8-9,13H2,2-4H3,(H,27,28,29). The first-order valence-electron chi connectivity index (χ1n) is 10.4. The molecular formula is C24H24FN5O2. The molecule has 1 aliphatic heterocycles. The summed E-state index contributed by atoms with van der Waals surface area (Å²) in [7, 11) is 0. The largest absolute Gasteiger partial charge is 0.444 e. The Balaban J connectivity index is 1.60. The number of fused-ring (bicyclic) bond motifs is 1. The average Bonchev–Trinajstić information content (AvgIpc) is 3.24. The van der Waals surface area contributed by atoms with Crippen LogP contribution >= 0.6 is 0 Å². The molecule has 32 heavy (non-hydrogen) atoms. The summed E-state index contributed by atoms with van der Waals surface area (Å²) in [6, 6.07) is 7.40. The zero-order valence-corrected chi connectivity index (χ0v) is 18.2. The summed E-state index contributed by atoms with van der Waals surface area (Å²) in [4.78, 5) is 26.4. The molecule has 7 nitrogen and oxygen atoms in total. The maximum Gasteiger partial charge on any atom is 0.410 e. The number of terminal acetylenes is 1. The fourth-order valence-electron chi connectivity index (χ4n) is 3.69. The van der Waals surface area contributed by atoms with Crippen LogP contribution in [0.2, 0.25) is 0 Å². The number of halogens is 1. The molecule has 4 rings (SSSR count). The van der Waals surface area contributed by atoms with Crippen LogP contribution in [-0.2, 0) is 4.74 Å². The number of carbonyl (C=O) groups is 1. The van der Waals surface area contributed by atoms with Crippen LogP contribution in [0.5, 0.6) is 0 Å². The number of hydrogen-bond donors (Lipinski definition) is 1. The molecule has 3 aromatic rings. The van der Waals surface area contributed by atoms with Crippen LogP contribution in [0, 0.1) is 18.3 Å². The first-order valence-corrected chi connectivity index (χ1v) is 10.4. The normalized spacial score (nSPS) is 16.1. The van der Waals surface area contributed by atoms with E-state index in [1.807, 2.05) is 39.0 Å². The number of amides is 1. The Labute approximate surface area is 186 Å². The van der Waals surface area contributed by atoms with Crippen molar-refractivity contribution >= 4 is 28.5 Å². The minimum atomic E-state index is -0.671. The highest BCUT2D eigenvalue weighted by molar-refractivity contribution is 5.91. The van der Waals surface area contributed by atoms with Gasteiger partial charge in [-0.25, -0.2) is 19.7 Å². The van der Waals surface area contributed by atoms with Gasteiger partial charge in [0.1, 0.15) is 17.7 Å². The van der Waals surface area contributed by atoms with Crippen molar-refractivity contribution in [1.82, 2.24) is 19.9 Å². The van der Waals surface area contributed by atoms with Gasteiger partial charge in [0.15, 0.2) is 0 Å². The summed E-state index contributed by atoms with van der Waals surface area (Å²) in [5.74, 6) is 2.38. The van der Waals surface area contributed by atoms with E-state index in [0.29, 0.717) is 24.5 Å². The molecular weight excluding hydrogens is 409 g/mol. The number of ether oxygens (including phenoxy) is 1. The van der Waals surface area contributed by atoms with E-state index in [-0.39, 0.29) is 17.7 Å². The van der Waals surface area contributed by atoms with Crippen LogP contribution in [0.25, 0.3) is 10.9 Å². The summed E-state index contributed by atoms with van der Waals surface area (Å²) in [6.07, 6.45) is 8.64. The predicted molar refractivity (Wildman–Crippen MR) is 120 cm³/mol. The molecule has 0 saturated carbocycles. The average molecular weight is 433 g/mol. The number of benzene rings is 1. The number of aromatic nitrogens is 3. The van der Waals surface area contributed by atoms with E-state index in [0.717, 1.165) is 22.9 Å². The van der Waals surface area contributed by atoms with Gasteiger partial charge in [-0.1, -0.05) is 12.0 Å². The minimum absolute atomic E-state index is 0.142. The monoisotopic (exact) mass is 433 g/mol. The van der Waals surface area contributed by atoms with Gasteiger partial charge < -0.3 is 15.0 Å². The third kappa shape index (κ3) is 4.62. The smallest absolute Gasteiger partial charge is 0.410 e. The van der Waals surface area contributed by atoms with E-state index in [2.05, 4.69) is 26.2 Å². The second-order valence-electron chi connectivity index (χ2n) is 8.74. The first-order chi connectivity index (χ1) is 15.2. The Kier molecular flexibility index (Phi) is 5.66. The van der Waals surface area contributed by atoms with E-state index in [1.54, 1.807) is 4.90 Å². The number of hydrogen-bond acceptors (Lipinski definition) is 6. The number of nitrogens with one attached hydrogen (secondary N) is 1. The highest BCUT2D eigenvalue weighted by Gasteiger charge is 2.30. The van der Waals surface area contributed by atoms with Crippen LogP contribution in [0.4, 0.5) is 20.7 Å². The first kappa shape index (κ1) is 21.5. The van der Waals surface area contributed by atoms with Crippen molar-refractivity contribution in [3.05, 3.63) is 53.9 Å². The molecule has 1 unspecified atom stereocenters. The lowest BCUT2D eigenvalue weighted by molar-refractivity contribution is 0.0292. The van der Waals surface area contributed by atoms with E-state index in [1.165, 1.54) is 18.6 Å². The summed E-state index contributed by atoms with van der Waals surface area (Å²) in [5.41, 5.74) is 1.84. The van der Waals surface area contributed by atoms with E-state index >= 15 is 0 Å². The van der Waals surface area contributed by atoms with Crippen molar-refractivity contribution < 1.29 is 13.9 Å². The molecule has 1 amide bonds. The van der Waals surface area contributed by atoms with Crippen molar-refractivity contribution in [3.63, 3.8) is 0 Å².